The van der Waals surface area contributed by atoms with Crippen molar-refractivity contribution >= 4 is 0 Å². The second-order valence-corrected chi connectivity index (χ2v) is 3.42. The summed E-state index contributed by atoms with van der Waals surface area (Å²) in [7, 11) is 0. The second kappa shape index (κ2) is 4.28. The third kappa shape index (κ3) is 2.07. The third-order valence-corrected chi connectivity index (χ3v) is 2.25. The molecule has 78 valence electrons. The monoisotopic (exact) mass is 202 g/mol. The van der Waals surface area contributed by atoms with E-state index in [0.29, 0.717) is 18.9 Å². The first kappa shape index (κ1) is 9.93. The van der Waals surface area contributed by atoms with Crippen LogP contribution in [0.15, 0.2) is 34.7 Å². The lowest BCUT2D eigenvalue weighted by molar-refractivity contribution is 0.473. The van der Waals surface area contributed by atoms with Crippen LogP contribution in [0.2, 0.25) is 0 Å². The molecule has 0 aliphatic carbocycles. The zero-order valence-corrected chi connectivity index (χ0v) is 8.73. The molecule has 2 N–H and O–H groups in total. The van der Waals surface area contributed by atoms with E-state index in [2.05, 4.69) is 4.98 Å². The molecule has 1 aromatic heterocycles. The van der Waals surface area contributed by atoms with Crippen LogP contribution in [0, 0.1) is 6.92 Å². The summed E-state index contributed by atoms with van der Waals surface area (Å²) in [6.07, 6.45) is 0.688. The molecule has 2 aromatic rings. The minimum Gasteiger partial charge on any atom is -0.445 e. The molecule has 1 heterocycles. The zero-order valence-electron chi connectivity index (χ0n) is 8.73. The van der Waals surface area contributed by atoms with Gasteiger partial charge in [-0.3, -0.25) is 0 Å². The summed E-state index contributed by atoms with van der Waals surface area (Å²) in [4.78, 5) is 4.42. The molecular formula is C12H14N2O. The summed E-state index contributed by atoms with van der Waals surface area (Å²) in [5.41, 5.74) is 7.46. The number of rotatable bonds is 3. The molecule has 0 atom stereocenters. The van der Waals surface area contributed by atoms with Gasteiger partial charge in [0.2, 0.25) is 0 Å². The summed E-state index contributed by atoms with van der Waals surface area (Å²) in [5, 5.41) is 0. The molecule has 15 heavy (non-hydrogen) atoms. The third-order valence-electron chi connectivity index (χ3n) is 2.25. The van der Waals surface area contributed by atoms with Crippen molar-refractivity contribution in [3.8, 4) is 11.3 Å². The van der Waals surface area contributed by atoms with E-state index in [0.717, 1.165) is 17.0 Å². The standard InChI is InChI=1S/C12H14N2O/c1-9-12(10-5-3-2-4-6-10)14-11(15-9)7-8-13/h2-6H,7-8,13H2,1H3. The Bertz CT molecular complexity index is 434. The maximum Gasteiger partial charge on any atom is 0.196 e. The lowest BCUT2D eigenvalue weighted by Crippen LogP contribution is -2.02. The maximum absolute atomic E-state index is 5.52. The van der Waals surface area contributed by atoms with Crippen LogP contribution in [-0.4, -0.2) is 11.5 Å². The largest absolute Gasteiger partial charge is 0.445 e. The molecule has 0 aliphatic heterocycles. The molecule has 0 bridgehead atoms. The van der Waals surface area contributed by atoms with Crippen molar-refractivity contribution in [2.45, 2.75) is 13.3 Å². The van der Waals surface area contributed by atoms with Gasteiger partial charge in [-0.05, 0) is 6.92 Å². The van der Waals surface area contributed by atoms with E-state index in [-0.39, 0.29) is 0 Å². The van der Waals surface area contributed by atoms with Crippen molar-refractivity contribution in [2.24, 2.45) is 5.73 Å². The number of oxazole rings is 1. The van der Waals surface area contributed by atoms with Gasteiger partial charge in [0, 0.05) is 18.5 Å². The molecule has 0 spiro atoms. The predicted octanol–water partition coefficient (Wildman–Crippen LogP) is 2.15. The molecule has 0 unspecified atom stereocenters. The average Bonchev–Trinajstić information content (AvgIpc) is 2.61. The minimum atomic E-state index is 0.564. The van der Waals surface area contributed by atoms with E-state index in [9.17, 15) is 0 Å². The van der Waals surface area contributed by atoms with E-state index in [1.807, 2.05) is 37.3 Å². The first-order valence-electron chi connectivity index (χ1n) is 5.03. The molecule has 0 saturated heterocycles. The Balaban J connectivity index is 2.36. The highest BCUT2D eigenvalue weighted by Crippen LogP contribution is 2.22. The van der Waals surface area contributed by atoms with Gasteiger partial charge >= 0.3 is 0 Å². The van der Waals surface area contributed by atoms with Gasteiger partial charge in [-0.25, -0.2) is 4.98 Å². The van der Waals surface area contributed by atoms with Crippen LogP contribution in [0.1, 0.15) is 11.7 Å². The highest BCUT2D eigenvalue weighted by Gasteiger charge is 2.09. The van der Waals surface area contributed by atoms with Gasteiger partial charge in [-0.1, -0.05) is 30.3 Å². The Labute approximate surface area is 88.9 Å². The number of nitrogens with two attached hydrogens (primary N) is 1. The highest BCUT2D eigenvalue weighted by atomic mass is 16.4. The van der Waals surface area contributed by atoms with E-state index >= 15 is 0 Å². The Morgan fingerprint density at radius 1 is 1.27 bits per heavy atom. The molecule has 0 saturated carbocycles. The second-order valence-electron chi connectivity index (χ2n) is 3.42. The summed E-state index contributed by atoms with van der Waals surface area (Å²) in [6.45, 7) is 2.49. The fraction of sp³-hybridized carbons (Fsp3) is 0.250. The molecule has 1 aromatic carbocycles. The SMILES string of the molecule is Cc1oc(CCN)nc1-c1ccccc1. The molecule has 3 heteroatoms. The van der Waals surface area contributed by atoms with Crippen molar-refractivity contribution in [1.82, 2.24) is 4.98 Å². The molecule has 0 fully saturated rings. The lowest BCUT2D eigenvalue weighted by Gasteiger charge is -1.94. The molecule has 3 nitrogen and oxygen atoms in total. The van der Waals surface area contributed by atoms with E-state index < -0.39 is 0 Å². The zero-order chi connectivity index (χ0) is 10.7. The Kier molecular flexibility index (Phi) is 2.83. The van der Waals surface area contributed by atoms with Gasteiger partial charge in [0.25, 0.3) is 0 Å². The van der Waals surface area contributed by atoms with Gasteiger partial charge in [0.1, 0.15) is 11.5 Å². The highest BCUT2D eigenvalue weighted by molar-refractivity contribution is 5.60. The van der Waals surface area contributed by atoms with E-state index in [4.69, 9.17) is 10.2 Å². The van der Waals surface area contributed by atoms with Gasteiger partial charge in [0.15, 0.2) is 5.89 Å². The summed E-state index contributed by atoms with van der Waals surface area (Å²) in [5.74, 6) is 1.57. The first-order valence-corrected chi connectivity index (χ1v) is 5.03. The molecular weight excluding hydrogens is 188 g/mol. The van der Waals surface area contributed by atoms with Crippen molar-refractivity contribution in [1.29, 1.82) is 0 Å². The number of benzene rings is 1. The summed E-state index contributed by atoms with van der Waals surface area (Å²) < 4.78 is 5.52. The fourth-order valence-electron chi connectivity index (χ4n) is 1.55. The van der Waals surface area contributed by atoms with Crippen LogP contribution in [0.5, 0.6) is 0 Å². The van der Waals surface area contributed by atoms with Gasteiger partial charge in [0.05, 0.1) is 0 Å². The Morgan fingerprint density at radius 3 is 2.67 bits per heavy atom. The van der Waals surface area contributed by atoms with Crippen LogP contribution >= 0.6 is 0 Å². The van der Waals surface area contributed by atoms with Crippen molar-refractivity contribution in [3.05, 3.63) is 42.0 Å². The quantitative estimate of drug-likeness (QED) is 0.829. The van der Waals surface area contributed by atoms with Crippen LogP contribution in [0.4, 0.5) is 0 Å². The number of aryl methyl sites for hydroxylation is 1. The van der Waals surface area contributed by atoms with Gasteiger partial charge in [-0.15, -0.1) is 0 Å². The molecule has 0 radical (unpaired) electrons. The summed E-state index contributed by atoms with van der Waals surface area (Å²) >= 11 is 0. The van der Waals surface area contributed by atoms with Crippen LogP contribution in [0.25, 0.3) is 11.3 Å². The maximum atomic E-state index is 5.52. The fourth-order valence-corrected chi connectivity index (χ4v) is 1.55. The van der Waals surface area contributed by atoms with Crippen LogP contribution in [0.3, 0.4) is 0 Å². The Morgan fingerprint density at radius 2 is 2.00 bits per heavy atom. The average molecular weight is 202 g/mol. The Hall–Kier alpha value is -1.61. The first-order chi connectivity index (χ1) is 7.31. The van der Waals surface area contributed by atoms with Crippen molar-refractivity contribution in [3.63, 3.8) is 0 Å². The van der Waals surface area contributed by atoms with Gasteiger partial charge < -0.3 is 10.2 Å². The number of hydrogen-bond donors (Lipinski definition) is 1. The number of nitrogens with zero attached hydrogens (tertiary/aromatic N) is 1. The molecule has 2 rings (SSSR count). The van der Waals surface area contributed by atoms with E-state index in [1.54, 1.807) is 0 Å². The van der Waals surface area contributed by atoms with Crippen molar-refractivity contribution < 1.29 is 4.42 Å². The number of aromatic nitrogens is 1. The summed E-state index contributed by atoms with van der Waals surface area (Å²) in [6, 6.07) is 10.0. The van der Waals surface area contributed by atoms with Crippen LogP contribution < -0.4 is 5.73 Å². The normalized spacial score (nSPS) is 10.5. The predicted molar refractivity (Wildman–Crippen MR) is 59.4 cm³/mol. The van der Waals surface area contributed by atoms with E-state index in [1.165, 1.54) is 0 Å². The minimum absolute atomic E-state index is 0.564. The topological polar surface area (TPSA) is 52.0 Å². The smallest absolute Gasteiger partial charge is 0.196 e. The lowest BCUT2D eigenvalue weighted by atomic mass is 10.1. The molecule has 0 aliphatic rings. The molecule has 0 amide bonds. The number of hydrogen-bond acceptors (Lipinski definition) is 3. The van der Waals surface area contributed by atoms with Crippen molar-refractivity contribution in [2.75, 3.05) is 6.54 Å². The van der Waals surface area contributed by atoms with Crippen LogP contribution in [-0.2, 0) is 6.42 Å². The van der Waals surface area contributed by atoms with Gasteiger partial charge in [-0.2, -0.15) is 0 Å².